The van der Waals surface area contributed by atoms with Gasteiger partial charge in [0.15, 0.2) is 0 Å². The summed E-state index contributed by atoms with van der Waals surface area (Å²) in [6, 6.07) is 15.6. The van der Waals surface area contributed by atoms with Crippen molar-refractivity contribution < 1.29 is 19.0 Å². The van der Waals surface area contributed by atoms with E-state index in [4.69, 9.17) is 27.0 Å². The second-order valence-corrected chi connectivity index (χ2v) is 19.2. The molecule has 0 N–H and O–H groups in total. The van der Waals surface area contributed by atoms with Crippen LogP contribution in [0.1, 0.15) is 57.8 Å². The van der Waals surface area contributed by atoms with Crippen LogP contribution in [0.25, 0.3) is 11.0 Å². The summed E-state index contributed by atoms with van der Waals surface area (Å²) in [6.07, 6.45) is 2.93. The van der Waals surface area contributed by atoms with Gasteiger partial charge < -0.3 is 23.7 Å². The molecule has 7 nitrogen and oxygen atoms in total. The maximum Gasteiger partial charge on any atom is 0.410 e. The first-order valence-electron chi connectivity index (χ1n) is 14.7. The Bertz CT molecular complexity index is 1310. The summed E-state index contributed by atoms with van der Waals surface area (Å²) in [5.41, 5.74) is 3.98. The minimum absolute atomic E-state index is 0.211. The van der Waals surface area contributed by atoms with Crippen LogP contribution in [-0.4, -0.2) is 68.4 Å². The molecule has 4 rings (SSSR count). The first-order valence-corrected chi connectivity index (χ1v) is 18.4. The van der Waals surface area contributed by atoms with E-state index in [1.807, 2.05) is 54.8 Å². The van der Waals surface area contributed by atoms with Crippen LogP contribution in [0.4, 0.5) is 4.79 Å². The lowest BCUT2D eigenvalue weighted by atomic mass is 9.73. The topological polar surface area (TPSA) is 65.8 Å². The highest BCUT2D eigenvalue weighted by Crippen LogP contribution is 2.38. The Morgan fingerprint density at radius 3 is 2.44 bits per heavy atom. The molecule has 1 aliphatic heterocycles. The zero-order chi connectivity index (χ0) is 29.8. The van der Waals surface area contributed by atoms with Gasteiger partial charge in [-0.15, -0.1) is 0 Å². The summed E-state index contributed by atoms with van der Waals surface area (Å²) in [4.78, 5) is 19.3. The smallest absolute Gasteiger partial charge is 0.410 e. The number of aromatic nitrogens is 2. The van der Waals surface area contributed by atoms with Crippen LogP contribution in [0.2, 0.25) is 25.7 Å². The van der Waals surface area contributed by atoms with Crippen molar-refractivity contribution in [2.75, 3.05) is 26.3 Å². The summed E-state index contributed by atoms with van der Waals surface area (Å²) in [5, 5.41) is 0. The Morgan fingerprint density at radius 1 is 1.12 bits per heavy atom. The van der Waals surface area contributed by atoms with E-state index in [9.17, 15) is 4.79 Å². The molecule has 41 heavy (non-hydrogen) atoms. The fraction of sp³-hybridized carbons (Fsp3) is 0.562. The molecular weight excluding hydrogens is 529 g/mol. The van der Waals surface area contributed by atoms with Gasteiger partial charge >= 0.3 is 6.09 Å². The molecule has 9 heteroatoms. The van der Waals surface area contributed by atoms with E-state index in [0.717, 1.165) is 42.1 Å². The van der Waals surface area contributed by atoms with Gasteiger partial charge in [0.2, 0.25) is 0 Å². The zero-order valence-corrected chi connectivity index (χ0v) is 26.9. The summed E-state index contributed by atoms with van der Waals surface area (Å²) < 4.78 is 20.3. The third-order valence-electron chi connectivity index (χ3n) is 7.81. The van der Waals surface area contributed by atoms with Gasteiger partial charge in [-0.2, -0.15) is 0 Å². The Hall–Kier alpha value is -2.62. The molecule has 1 aromatic heterocycles. The largest absolute Gasteiger partial charge is 0.444 e. The van der Waals surface area contributed by atoms with Crippen molar-refractivity contribution in [3.8, 4) is 0 Å². The highest BCUT2D eigenvalue weighted by atomic mass is 28.3. The van der Waals surface area contributed by atoms with Gasteiger partial charge in [0.05, 0.1) is 30.1 Å². The molecule has 1 aliphatic rings. The van der Waals surface area contributed by atoms with E-state index in [0.29, 0.717) is 31.9 Å². The Labute approximate surface area is 248 Å². The minimum Gasteiger partial charge on any atom is -0.444 e. The highest BCUT2D eigenvalue weighted by molar-refractivity contribution is 6.76. The molecule has 2 radical (unpaired) electrons. The number of imidazole rings is 1. The first kappa shape index (κ1) is 31.3. The van der Waals surface area contributed by atoms with Crippen molar-refractivity contribution in [3.05, 3.63) is 59.9 Å². The molecule has 3 aromatic rings. The predicted octanol–water partition coefficient (Wildman–Crippen LogP) is 6.19. The van der Waals surface area contributed by atoms with E-state index in [2.05, 4.69) is 50.8 Å². The number of hydrogen-bond acceptors (Lipinski definition) is 5. The average molecular weight is 576 g/mol. The van der Waals surface area contributed by atoms with E-state index >= 15 is 0 Å². The quantitative estimate of drug-likeness (QED) is 0.213. The number of carbonyl (C=O) groups is 1. The number of carbonyl (C=O) groups excluding carboxylic acids is 1. The average Bonchev–Trinajstić information content (AvgIpc) is 3.31. The summed E-state index contributed by atoms with van der Waals surface area (Å²) in [7, 11) is 5.21. The van der Waals surface area contributed by atoms with Crippen LogP contribution >= 0.6 is 0 Å². The molecule has 0 spiro atoms. The van der Waals surface area contributed by atoms with Gasteiger partial charge in [-0.3, -0.25) is 0 Å². The van der Waals surface area contributed by atoms with Gasteiger partial charge in [-0.25, -0.2) is 9.78 Å². The molecule has 0 saturated carbocycles. The van der Waals surface area contributed by atoms with Crippen molar-refractivity contribution in [1.82, 2.24) is 14.5 Å². The first-order chi connectivity index (χ1) is 19.3. The van der Waals surface area contributed by atoms with Crippen molar-refractivity contribution in [2.45, 2.75) is 90.1 Å². The molecule has 1 unspecified atom stereocenters. The summed E-state index contributed by atoms with van der Waals surface area (Å²) in [6.45, 7) is 17.8. The van der Waals surface area contributed by atoms with Crippen LogP contribution in [0.5, 0.6) is 0 Å². The third-order valence-corrected chi connectivity index (χ3v) is 9.51. The van der Waals surface area contributed by atoms with Gasteiger partial charge in [0.25, 0.3) is 0 Å². The van der Waals surface area contributed by atoms with Crippen molar-refractivity contribution in [1.29, 1.82) is 0 Å². The minimum atomic E-state index is -1.15. The highest BCUT2D eigenvalue weighted by Gasteiger charge is 2.39. The number of hydrogen-bond donors (Lipinski definition) is 0. The Kier molecular flexibility index (Phi) is 9.71. The molecule has 1 saturated heterocycles. The van der Waals surface area contributed by atoms with Crippen LogP contribution in [0.15, 0.2) is 48.8 Å². The molecule has 2 aromatic carbocycles. The third kappa shape index (κ3) is 8.24. The lowest BCUT2D eigenvalue weighted by Crippen LogP contribution is -2.48. The van der Waals surface area contributed by atoms with Crippen LogP contribution in [-0.2, 0) is 26.4 Å². The van der Waals surface area contributed by atoms with Gasteiger partial charge in [0.1, 0.15) is 20.2 Å². The fourth-order valence-electron chi connectivity index (χ4n) is 5.29. The molecule has 2 heterocycles. The van der Waals surface area contributed by atoms with Crippen LogP contribution in [0, 0.1) is 0 Å². The fourth-order valence-corrected chi connectivity index (χ4v) is 6.05. The van der Waals surface area contributed by atoms with E-state index in [1.54, 1.807) is 0 Å². The number of rotatable bonds is 10. The van der Waals surface area contributed by atoms with Gasteiger partial charge in [0, 0.05) is 38.7 Å². The number of fused-ring (bicyclic) bond motifs is 1. The zero-order valence-electron chi connectivity index (χ0n) is 25.9. The van der Waals surface area contributed by atoms with Crippen LogP contribution < -0.4 is 5.46 Å². The summed E-state index contributed by atoms with van der Waals surface area (Å²) >= 11 is 0. The SMILES string of the molecule is [B]c1cc(C(C)OCC2(c3ccccc3)CCN(C(=O)OC(C)(C)C)CC2)c2ncn(COCC[Si](C)(C)C)c2c1. The molecule has 1 amide bonds. The second kappa shape index (κ2) is 12.7. The lowest BCUT2D eigenvalue weighted by Gasteiger charge is -2.42. The predicted molar refractivity (Wildman–Crippen MR) is 169 cm³/mol. The Balaban J connectivity index is 1.48. The second-order valence-electron chi connectivity index (χ2n) is 13.6. The standard InChI is InChI=1S/C32H46BN3O4Si/c1-24(27-19-26(33)20-28-29(27)34-22-36(28)23-38-17-18-41(5,6)7)39-21-32(25-11-9-8-10-12-25)13-15-35(16-14-32)30(37)40-31(2,3)4/h8-12,19-20,22,24H,13-18,21,23H2,1-7H3. The normalized spacial score (nSPS) is 16.6. The molecular formula is C32H46BN3O4Si. The molecule has 0 aliphatic carbocycles. The number of nitrogens with zero attached hydrogens (tertiary/aromatic N) is 3. The van der Waals surface area contributed by atoms with E-state index in [-0.39, 0.29) is 17.6 Å². The maximum absolute atomic E-state index is 12.7. The van der Waals surface area contributed by atoms with Crippen molar-refractivity contribution in [2.24, 2.45) is 0 Å². The number of benzene rings is 2. The maximum atomic E-state index is 12.7. The van der Waals surface area contributed by atoms with Crippen molar-refractivity contribution >= 4 is 38.5 Å². The van der Waals surface area contributed by atoms with Crippen molar-refractivity contribution in [3.63, 3.8) is 0 Å². The van der Waals surface area contributed by atoms with Gasteiger partial charge in [-0.1, -0.05) is 61.5 Å². The summed E-state index contributed by atoms with van der Waals surface area (Å²) in [5.74, 6) is 0. The Morgan fingerprint density at radius 2 is 1.80 bits per heavy atom. The number of piperidine rings is 1. The van der Waals surface area contributed by atoms with E-state index < -0.39 is 13.7 Å². The molecule has 1 fully saturated rings. The monoisotopic (exact) mass is 575 g/mol. The van der Waals surface area contributed by atoms with Gasteiger partial charge in [-0.05, 0) is 58.2 Å². The molecule has 1 atom stereocenters. The van der Waals surface area contributed by atoms with E-state index in [1.165, 1.54) is 5.56 Å². The van der Waals surface area contributed by atoms with Crippen LogP contribution in [0.3, 0.4) is 0 Å². The molecule has 220 valence electrons. The lowest BCUT2D eigenvalue weighted by molar-refractivity contribution is -0.00930. The number of amides is 1. The number of likely N-dealkylation sites (tertiary alicyclic amines) is 1. The number of ether oxygens (including phenoxy) is 3. The molecule has 0 bridgehead atoms.